The highest BCUT2D eigenvalue weighted by Gasteiger charge is 2.16. The summed E-state index contributed by atoms with van der Waals surface area (Å²) >= 11 is 1.50. The Kier molecular flexibility index (Phi) is 2.72. The Balaban J connectivity index is 1.99. The van der Waals surface area contributed by atoms with Crippen LogP contribution in [0.15, 0.2) is 16.5 Å². The van der Waals surface area contributed by atoms with Gasteiger partial charge in [0.15, 0.2) is 0 Å². The molecule has 0 spiro atoms. The monoisotopic (exact) mass is 249 g/mol. The molecule has 5 heteroatoms. The first-order chi connectivity index (χ1) is 8.25. The predicted molar refractivity (Wildman–Crippen MR) is 69.6 cm³/mol. The lowest BCUT2D eigenvalue weighted by molar-refractivity contribution is 0.497. The fourth-order valence-corrected chi connectivity index (χ4v) is 3.29. The lowest BCUT2D eigenvalue weighted by atomic mass is 10.2. The molecule has 1 atom stereocenters. The second-order valence-corrected chi connectivity index (χ2v) is 5.47. The number of hydrogen-bond donors (Lipinski definition) is 1. The largest absolute Gasteiger partial charge is 0.312 e. The molecule has 0 radical (unpaired) electrons. The lowest BCUT2D eigenvalue weighted by Crippen LogP contribution is -2.32. The van der Waals surface area contributed by atoms with Gasteiger partial charge in [0.2, 0.25) is 0 Å². The first-order valence-electron chi connectivity index (χ1n) is 5.92. The van der Waals surface area contributed by atoms with Crippen LogP contribution >= 0.6 is 11.3 Å². The summed E-state index contributed by atoms with van der Waals surface area (Å²) in [6.45, 7) is 3.79. The average molecular weight is 249 g/mol. The van der Waals surface area contributed by atoms with E-state index < -0.39 is 0 Å². The van der Waals surface area contributed by atoms with E-state index in [0.717, 1.165) is 35.3 Å². The first-order valence-corrected chi connectivity index (χ1v) is 6.80. The van der Waals surface area contributed by atoms with Crippen molar-refractivity contribution >= 4 is 21.6 Å². The second kappa shape index (κ2) is 4.23. The molecule has 1 saturated heterocycles. The van der Waals surface area contributed by atoms with E-state index in [1.807, 2.05) is 12.3 Å². The fourth-order valence-electron chi connectivity index (χ4n) is 2.34. The fraction of sp³-hybridized carbons (Fsp3) is 0.500. The molecule has 4 nitrogen and oxygen atoms in total. The number of nitrogens with zero attached hydrogens (tertiary/aromatic N) is 2. The van der Waals surface area contributed by atoms with E-state index in [9.17, 15) is 4.79 Å². The van der Waals surface area contributed by atoms with Crippen molar-refractivity contribution in [2.45, 2.75) is 32.4 Å². The number of aromatic nitrogens is 2. The number of fused-ring (bicyclic) bond motifs is 1. The molecule has 1 aliphatic rings. The Morgan fingerprint density at radius 3 is 3.29 bits per heavy atom. The van der Waals surface area contributed by atoms with E-state index in [0.29, 0.717) is 6.04 Å². The minimum atomic E-state index is 0.0989. The van der Waals surface area contributed by atoms with Crippen molar-refractivity contribution in [2.24, 2.45) is 0 Å². The highest BCUT2D eigenvalue weighted by atomic mass is 32.1. The summed E-state index contributed by atoms with van der Waals surface area (Å²) in [6.07, 6.45) is 4.03. The van der Waals surface area contributed by atoms with E-state index in [-0.39, 0.29) is 5.56 Å². The molecule has 2 aromatic rings. The van der Waals surface area contributed by atoms with Crippen LogP contribution in [-0.4, -0.2) is 22.1 Å². The topological polar surface area (TPSA) is 46.9 Å². The number of rotatable bonds is 2. The van der Waals surface area contributed by atoms with E-state index >= 15 is 0 Å². The Hall–Kier alpha value is -1.20. The van der Waals surface area contributed by atoms with Crippen LogP contribution in [0.3, 0.4) is 0 Å². The number of aryl methyl sites for hydroxylation is 1. The van der Waals surface area contributed by atoms with Crippen LogP contribution in [0.2, 0.25) is 0 Å². The second-order valence-electron chi connectivity index (χ2n) is 4.59. The Morgan fingerprint density at radius 1 is 1.65 bits per heavy atom. The molecule has 3 rings (SSSR count). The molecule has 0 amide bonds. The Bertz CT molecular complexity index is 595. The molecule has 1 N–H and O–H groups in total. The van der Waals surface area contributed by atoms with E-state index in [2.05, 4.69) is 10.3 Å². The highest BCUT2D eigenvalue weighted by molar-refractivity contribution is 7.17. The zero-order valence-corrected chi connectivity index (χ0v) is 10.6. The SMILES string of the molecule is Cc1csc2c(=O)n(C[C@H]3CCCN3)cnc12. The van der Waals surface area contributed by atoms with Crippen molar-refractivity contribution in [3.05, 3.63) is 27.6 Å². The van der Waals surface area contributed by atoms with Gasteiger partial charge in [-0.3, -0.25) is 9.36 Å². The molecular weight excluding hydrogens is 234 g/mol. The molecule has 90 valence electrons. The van der Waals surface area contributed by atoms with Gasteiger partial charge in [0.05, 0.1) is 11.8 Å². The molecule has 3 heterocycles. The number of nitrogens with one attached hydrogen (secondary N) is 1. The van der Waals surface area contributed by atoms with Gasteiger partial charge < -0.3 is 5.32 Å². The van der Waals surface area contributed by atoms with Crippen LogP contribution in [0.1, 0.15) is 18.4 Å². The van der Waals surface area contributed by atoms with Gasteiger partial charge in [0.25, 0.3) is 5.56 Å². The molecule has 0 saturated carbocycles. The summed E-state index contributed by atoms with van der Waals surface area (Å²) in [5.41, 5.74) is 2.05. The van der Waals surface area contributed by atoms with Gasteiger partial charge in [-0.25, -0.2) is 4.98 Å². The number of thiophene rings is 1. The van der Waals surface area contributed by atoms with Crippen molar-refractivity contribution in [2.75, 3.05) is 6.54 Å². The molecule has 0 bridgehead atoms. The molecule has 17 heavy (non-hydrogen) atoms. The van der Waals surface area contributed by atoms with Crippen LogP contribution < -0.4 is 10.9 Å². The van der Waals surface area contributed by atoms with Gasteiger partial charge in [0.1, 0.15) is 4.70 Å². The maximum absolute atomic E-state index is 12.2. The molecule has 1 fully saturated rings. The standard InChI is InChI=1S/C12H15N3OS/c1-8-6-17-11-10(8)14-7-15(12(11)16)5-9-3-2-4-13-9/h6-7,9,13H,2-5H2,1H3/t9-/m1/s1. The maximum atomic E-state index is 12.2. The zero-order chi connectivity index (χ0) is 11.8. The lowest BCUT2D eigenvalue weighted by Gasteiger charge is -2.11. The zero-order valence-electron chi connectivity index (χ0n) is 9.77. The summed E-state index contributed by atoms with van der Waals surface area (Å²) in [5.74, 6) is 0. The summed E-state index contributed by atoms with van der Waals surface area (Å²) < 4.78 is 2.52. The van der Waals surface area contributed by atoms with Gasteiger partial charge in [-0.05, 0) is 37.3 Å². The highest BCUT2D eigenvalue weighted by Crippen LogP contribution is 2.19. The third-order valence-corrected chi connectivity index (χ3v) is 4.38. The summed E-state index contributed by atoms with van der Waals surface area (Å²) in [5, 5.41) is 5.40. The summed E-state index contributed by atoms with van der Waals surface area (Å²) in [7, 11) is 0. The van der Waals surface area contributed by atoms with Crippen LogP contribution in [0.25, 0.3) is 10.2 Å². The maximum Gasteiger partial charge on any atom is 0.271 e. The molecule has 0 unspecified atom stereocenters. The molecular formula is C12H15N3OS. The van der Waals surface area contributed by atoms with Gasteiger partial charge in [-0.2, -0.15) is 0 Å². The molecule has 0 aliphatic carbocycles. The summed E-state index contributed by atoms with van der Waals surface area (Å²) in [6, 6.07) is 0.424. The Labute approximate surface area is 103 Å². The van der Waals surface area contributed by atoms with E-state index in [1.165, 1.54) is 17.8 Å². The van der Waals surface area contributed by atoms with Crippen LogP contribution in [-0.2, 0) is 6.54 Å². The third-order valence-electron chi connectivity index (χ3n) is 3.30. The molecule has 2 aromatic heterocycles. The number of hydrogen-bond acceptors (Lipinski definition) is 4. The summed E-state index contributed by atoms with van der Waals surface area (Å²) in [4.78, 5) is 16.6. The third kappa shape index (κ3) is 1.89. The van der Waals surface area contributed by atoms with Gasteiger partial charge in [0, 0.05) is 12.6 Å². The van der Waals surface area contributed by atoms with Crippen molar-refractivity contribution < 1.29 is 0 Å². The quantitative estimate of drug-likeness (QED) is 0.877. The van der Waals surface area contributed by atoms with Gasteiger partial charge in [-0.1, -0.05) is 0 Å². The minimum absolute atomic E-state index is 0.0989. The Morgan fingerprint density at radius 2 is 2.53 bits per heavy atom. The average Bonchev–Trinajstić information content (AvgIpc) is 2.93. The van der Waals surface area contributed by atoms with Crippen LogP contribution in [0.5, 0.6) is 0 Å². The smallest absolute Gasteiger partial charge is 0.271 e. The normalized spacial score (nSPS) is 20.2. The van der Waals surface area contributed by atoms with Gasteiger partial charge >= 0.3 is 0 Å². The molecule has 1 aliphatic heterocycles. The van der Waals surface area contributed by atoms with Gasteiger partial charge in [-0.15, -0.1) is 11.3 Å². The van der Waals surface area contributed by atoms with Crippen molar-refractivity contribution in [3.63, 3.8) is 0 Å². The van der Waals surface area contributed by atoms with Crippen LogP contribution in [0.4, 0.5) is 0 Å². The van der Waals surface area contributed by atoms with E-state index in [4.69, 9.17) is 0 Å². The molecule has 0 aromatic carbocycles. The van der Waals surface area contributed by atoms with Crippen molar-refractivity contribution in [3.8, 4) is 0 Å². The predicted octanol–water partition coefficient (Wildman–Crippen LogP) is 1.52. The minimum Gasteiger partial charge on any atom is -0.312 e. The van der Waals surface area contributed by atoms with Crippen molar-refractivity contribution in [1.82, 2.24) is 14.9 Å². The van der Waals surface area contributed by atoms with Crippen LogP contribution in [0, 0.1) is 6.92 Å². The van der Waals surface area contributed by atoms with E-state index in [1.54, 1.807) is 10.9 Å². The first kappa shape index (κ1) is 10.9. The van der Waals surface area contributed by atoms with Crippen molar-refractivity contribution in [1.29, 1.82) is 0 Å².